The van der Waals surface area contributed by atoms with E-state index in [1.165, 1.54) is 35.6 Å². The molecule has 3 aliphatic rings. The quantitative estimate of drug-likeness (QED) is 0.0114. The summed E-state index contributed by atoms with van der Waals surface area (Å²) in [5, 5.41) is 112. The van der Waals surface area contributed by atoms with Crippen LogP contribution in [0.4, 0.5) is 0 Å². The molecular formula is C93H133N10O38+. The predicted molar refractivity (Wildman–Crippen MR) is 499 cm³/mol. The number of ether oxygens (including phenoxy) is 5. The smallest absolute Gasteiger partial charge is 0.373 e. The lowest BCUT2D eigenvalue weighted by Crippen LogP contribution is -2.68. The van der Waals surface area contributed by atoms with Gasteiger partial charge in [-0.2, -0.15) is 57.5 Å². The van der Waals surface area contributed by atoms with Crippen LogP contribution in [0.15, 0.2) is 149 Å². The topological polar surface area (TPSA) is 709 Å². The van der Waals surface area contributed by atoms with Crippen LogP contribution < -0.4 is 10.3 Å². The number of nitrogens with zero attached hydrogens (tertiary/aromatic N) is 8. The molecule has 0 radical (unpaired) electrons. The Bertz CT molecular complexity index is 4260. The summed E-state index contributed by atoms with van der Waals surface area (Å²) in [6.07, 6.45) is 10.3. The Kier molecular flexibility index (Phi) is 96.9. The average molecular weight is 2000 g/mol. The third-order valence-corrected chi connectivity index (χ3v) is 16.6. The van der Waals surface area contributed by atoms with Crippen LogP contribution >= 0.6 is 0 Å². The number of hydrogen-bond acceptors (Lipinski definition) is 38. The van der Waals surface area contributed by atoms with E-state index in [-0.39, 0.29) is 129 Å². The van der Waals surface area contributed by atoms with Gasteiger partial charge < -0.3 is 105 Å². The zero-order valence-corrected chi connectivity index (χ0v) is 78.7. The molecular weight excluding hydrogens is 1870 g/mol. The Labute approximate surface area is 816 Å². The number of carboxylic acids is 9. The highest BCUT2D eigenvalue weighted by molar-refractivity contribution is 5.74. The Morgan fingerprint density at radius 2 is 0.730 bits per heavy atom. The molecule has 3 saturated heterocycles. The van der Waals surface area contributed by atoms with Crippen molar-refractivity contribution in [3.63, 3.8) is 0 Å². The zero-order valence-electron chi connectivity index (χ0n) is 78.7. The first-order valence-electron chi connectivity index (χ1n) is 41.3. The van der Waals surface area contributed by atoms with E-state index in [1.807, 2.05) is 63.4 Å². The van der Waals surface area contributed by atoms with E-state index in [2.05, 4.69) is 97.8 Å². The number of carbonyl (C=O) groups excluding carboxylic acids is 12. The summed E-state index contributed by atoms with van der Waals surface area (Å²) >= 11 is 0. The van der Waals surface area contributed by atoms with Crippen LogP contribution in [0.2, 0.25) is 0 Å². The van der Waals surface area contributed by atoms with Crippen LogP contribution in [0.3, 0.4) is 0 Å². The molecule has 141 heavy (non-hydrogen) atoms. The Morgan fingerprint density at radius 3 is 1.06 bits per heavy atom. The first-order chi connectivity index (χ1) is 66.4. The molecule has 0 aromatic heterocycles. The Hall–Kier alpha value is -14.2. The van der Waals surface area contributed by atoms with Crippen molar-refractivity contribution in [2.45, 2.75) is 44.1 Å². The molecule has 0 aliphatic carbocycles. The lowest BCUT2D eigenvalue weighted by Gasteiger charge is -2.26. The molecule has 7 rings (SSSR count). The number of nitrogens with one attached hydrogen (secondary N) is 2. The molecule has 3 heterocycles. The number of benzene rings is 4. The second kappa shape index (κ2) is 96.1. The molecule has 6 unspecified atom stereocenters. The maximum atomic E-state index is 11.1. The molecule has 48 heteroatoms. The van der Waals surface area contributed by atoms with Crippen molar-refractivity contribution >= 4 is 122 Å². The monoisotopic (exact) mass is 2000 g/mol. The summed E-state index contributed by atoms with van der Waals surface area (Å²) in [4.78, 5) is 210. The molecule has 3 aliphatic heterocycles. The fourth-order valence-corrected chi connectivity index (χ4v) is 10.2. The Balaban J connectivity index is -0.000000241. The van der Waals surface area contributed by atoms with Crippen molar-refractivity contribution < 1.29 is 191 Å². The number of aliphatic carboxylic acids is 9. The van der Waals surface area contributed by atoms with E-state index in [4.69, 9.17) is 127 Å². The fraction of sp³-hybridized carbons (Fsp3) is 0.441. The lowest BCUT2D eigenvalue weighted by molar-refractivity contribution is -0.447. The van der Waals surface area contributed by atoms with Gasteiger partial charge in [-0.25, -0.2) is 0 Å². The van der Waals surface area contributed by atoms with E-state index in [1.54, 1.807) is 78.7 Å². The van der Waals surface area contributed by atoms with Crippen molar-refractivity contribution in [2.75, 3.05) is 225 Å². The van der Waals surface area contributed by atoms with E-state index >= 15 is 0 Å². The number of carboxylic acid groups (broad SMARTS) is 9. The van der Waals surface area contributed by atoms with Gasteiger partial charge in [-0.15, -0.1) is 13.2 Å². The van der Waals surface area contributed by atoms with E-state index < -0.39 is 98.2 Å². The van der Waals surface area contributed by atoms with Gasteiger partial charge in [0.25, 0.3) is 0 Å². The highest BCUT2D eigenvalue weighted by Gasteiger charge is 2.27. The summed E-state index contributed by atoms with van der Waals surface area (Å²) in [5.41, 5.74) is 7.75. The maximum absolute atomic E-state index is 11.1. The normalized spacial score (nSPS) is 12.8. The minimum atomic E-state index is -1.18. The molecule has 0 spiro atoms. The molecule has 0 amide bonds. The van der Waals surface area contributed by atoms with Gasteiger partial charge in [0, 0.05) is 72.0 Å². The standard InChI is InChI=1S/2C18H24N2O7.C13H24N2O6.2C10H10O.C6H14N2O2.C6H10O2.C5H12N2.6CO2.CH4/c1-2-13-3-5-14(6-4-13)15(21)9-19(10-16(22)23)7-8-20(11-17(24)25)12-18(26)27;1-2-13-4-3-5-14(8-13)15(21)9-19(10-16(22)23)6-7-20(11-17(24)25)12-18(26)27;1-3-6-21-10-11(16)7-14(2)4-5-15(8-12(17)18)9-13(19)20;1-2-8-3-5-9(6-4-8)10-7-11-10;1-2-8-4-3-5-9(6-8)10-7-11-10;1-8(2)4-3-7-5-6(9)10;1-2-3-7-4-6-5-8-6;1-6-4-5-7(2)3;6*2-1-3;/h2-6,15,21H,1,7-12H2,(H,22,23)(H,24,25)(H,26,27);2-5,8,15,21H,1,6-7,9-12H2,(H,22,23)(H,24,25)(H,26,27);3,11,16H,1,4-10H2,2H3,(H,17,18)(H,19,20);2*2-6,10H,1,7H2;7H,3-5H2,1-2H3,(H,9,10);2,6H,1,3-5H2;1,4-5H2,2-3H3;;;;;;;1H4/p+1. The van der Waals surface area contributed by atoms with E-state index in [9.17, 15) is 58.5 Å². The highest BCUT2D eigenvalue weighted by atomic mass is 16.6. The zero-order chi connectivity index (χ0) is 108. The van der Waals surface area contributed by atoms with Crippen LogP contribution in [0.25, 0.3) is 24.3 Å². The molecule has 0 saturated carbocycles. The largest absolute Gasteiger partial charge is 0.480 e. The van der Waals surface area contributed by atoms with Crippen LogP contribution in [0.1, 0.15) is 76.4 Å². The van der Waals surface area contributed by atoms with Gasteiger partial charge in [-0.3, -0.25) is 72.6 Å². The van der Waals surface area contributed by atoms with Crippen molar-refractivity contribution in [1.29, 1.82) is 0 Å². The molecule has 0 bridgehead atoms. The summed E-state index contributed by atoms with van der Waals surface area (Å²) in [6.45, 7) is 31.5. The third-order valence-electron chi connectivity index (χ3n) is 16.6. The van der Waals surface area contributed by atoms with Crippen molar-refractivity contribution in [2.24, 2.45) is 0 Å². The number of carbonyl (C=O) groups is 9. The summed E-state index contributed by atoms with van der Waals surface area (Å²) in [7, 11) is 9.73. The van der Waals surface area contributed by atoms with E-state index in [0.29, 0.717) is 55.7 Å². The molecule has 4 aromatic rings. The number of rotatable bonds is 55. The molecule has 3 fully saturated rings. The SMILES string of the molecule is C.C=CCOCC(O)CN(C)CCN(CC(=O)O)CC(=O)O.C=CCOCC1CO1.C=Cc1ccc(C(O)CN(CCN(CC(=O)O)CC(=O)O)CC(=O)O)cc1.C=Cc1ccc(C2CO2)cc1.C=Cc1cccc(C(O)CN(CCN(CC(=O)O)CC(=O)O)CC(=O)O)c1.C=Cc1cccc(C2CO2)c1.C=[NH+]CCN(C)C.CN(C)CCNCC(=O)O.O=C=O.O=C=O.O=C=O.O=C=O.O=C=O.O=C=O. The van der Waals surface area contributed by atoms with Crippen LogP contribution in [-0.4, -0.2) is 436 Å². The van der Waals surface area contributed by atoms with Crippen LogP contribution in [-0.2, 0) is 124 Å². The van der Waals surface area contributed by atoms with Crippen molar-refractivity contribution in [1.82, 2.24) is 44.5 Å². The van der Waals surface area contributed by atoms with Gasteiger partial charge in [0.05, 0.1) is 130 Å². The minimum absolute atomic E-state index is 0. The molecule has 14 N–H and O–H groups in total. The molecule has 48 nitrogen and oxygen atoms in total. The third kappa shape index (κ3) is 100. The summed E-state index contributed by atoms with van der Waals surface area (Å²) in [5.74, 6) is -9.87. The summed E-state index contributed by atoms with van der Waals surface area (Å²) < 4.78 is 25.4. The summed E-state index contributed by atoms with van der Waals surface area (Å²) in [6, 6.07) is 30.5. The number of hydrogen-bond donors (Lipinski definition) is 14. The second-order valence-electron chi connectivity index (χ2n) is 28.6. The van der Waals surface area contributed by atoms with Gasteiger partial charge in [0.2, 0.25) is 0 Å². The molecule has 782 valence electrons. The molecule has 4 aromatic carbocycles. The van der Waals surface area contributed by atoms with Crippen LogP contribution in [0, 0.1) is 0 Å². The highest BCUT2D eigenvalue weighted by Crippen LogP contribution is 2.31. The Morgan fingerprint density at radius 1 is 0.404 bits per heavy atom. The second-order valence-corrected chi connectivity index (χ2v) is 28.6. The average Bonchev–Trinajstić information content (AvgIpc) is 1.73. The minimum Gasteiger partial charge on any atom is -0.480 e. The van der Waals surface area contributed by atoms with Gasteiger partial charge >= 0.3 is 90.6 Å². The number of epoxide rings is 3. The maximum Gasteiger partial charge on any atom is 0.373 e. The predicted octanol–water partition coefficient (Wildman–Crippen LogP) is -0.529. The first-order valence-corrected chi connectivity index (χ1v) is 41.3. The fourth-order valence-electron chi connectivity index (χ4n) is 10.2. The molecule has 6 atom stereocenters. The van der Waals surface area contributed by atoms with Crippen molar-refractivity contribution in [3.05, 3.63) is 193 Å². The first kappa shape index (κ1) is 142. The van der Waals surface area contributed by atoms with Crippen LogP contribution in [0.5, 0.6) is 0 Å². The number of likely N-dealkylation sites (N-methyl/N-ethyl adjacent to an activating group) is 3. The number of aliphatic hydroxyl groups excluding tert-OH is 3. The van der Waals surface area contributed by atoms with Gasteiger partial charge in [0.15, 0.2) is 6.54 Å². The lowest BCUT2D eigenvalue weighted by atomic mass is 10.1. The number of aliphatic hydroxyl groups is 3. The van der Waals surface area contributed by atoms with Gasteiger partial charge in [-0.05, 0) is 91.9 Å². The van der Waals surface area contributed by atoms with Crippen molar-refractivity contribution in [3.8, 4) is 0 Å². The van der Waals surface area contributed by atoms with Gasteiger partial charge in [-0.1, -0.05) is 155 Å². The van der Waals surface area contributed by atoms with Gasteiger partial charge in [0.1, 0.15) is 25.0 Å². The van der Waals surface area contributed by atoms with E-state index in [0.717, 1.165) is 74.9 Å².